The van der Waals surface area contributed by atoms with Crippen molar-refractivity contribution >= 4 is 21.6 Å². The minimum Gasteiger partial charge on any atom is -0.496 e. The number of nitrogens with zero attached hydrogens (tertiary/aromatic N) is 1. The maximum absolute atomic E-state index is 12.6. The largest absolute Gasteiger partial charge is 0.496 e. The van der Waals surface area contributed by atoms with E-state index in [1.54, 1.807) is 24.0 Å². The first kappa shape index (κ1) is 19.3. The first-order valence-electron chi connectivity index (χ1n) is 8.52. The Bertz CT molecular complexity index is 915. The molecule has 0 aromatic heterocycles. The van der Waals surface area contributed by atoms with Crippen LogP contribution in [0.1, 0.15) is 5.56 Å². The predicted octanol–water partition coefficient (Wildman–Crippen LogP) is 1.71. The molecule has 1 amide bonds. The van der Waals surface area contributed by atoms with E-state index in [0.717, 1.165) is 11.3 Å². The van der Waals surface area contributed by atoms with Crippen LogP contribution in [0.2, 0.25) is 0 Å². The second kappa shape index (κ2) is 8.08. The van der Waals surface area contributed by atoms with Gasteiger partial charge in [-0.3, -0.25) is 4.79 Å². The topological polar surface area (TPSA) is 84.9 Å². The smallest absolute Gasteiger partial charge is 0.253 e. The third kappa shape index (κ3) is 4.47. The number of morpholine rings is 1. The van der Waals surface area contributed by atoms with Crippen molar-refractivity contribution < 1.29 is 22.7 Å². The van der Waals surface area contributed by atoms with Crippen LogP contribution in [0.15, 0.2) is 53.4 Å². The lowest BCUT2D eigenvalue weighted by atomic mass is 10.2. The van der Waals surface area contributed by atoms with Crippen LogP contribution in [-0.2, 0) is 19.6 Å². The van der Waals surface area contributed by atoms with Crippen LogP contribution < -0.4 is 14.4 Å². The van der Waals surface area contributed by atoms with Gasteiger partial charge < -0.3 is 14.4 Å². The number of aryl methyl sites for hydroxylation is 1. The molecule has 1 N–H and O–H groups in total. The number of carbonyl (C=O) groups excluding carboxylic acids is 1. The molecule has 2 aromatic rings. The molecular weight excluding hydrogens is 368 g/mol. The number of amides is 1. The average Bonchev–Trinajstić information content (AvgIpc) is 2.68. The second-order valence-electron chi connectivity index (χ2n) is 6.26. The summed E-state index contributed by atoms with van der Waals surface area (Å²) in [6.07, 6.45) is -0.433. The van der Waals surface area contributed by atoms with E-state index in [4.69, 9.17) is 9.47 Å². The van der Waals surface area contributed by atoms with Crippen molar-refractivity contribution in [3.8, 4) is 5.75 Å². The first-order chi connectivity index (χ1) is 12.9. The van der Waals surface area contributed by atoms with E-state index in [0.29, 0.717) is 5.75 Å². The summed E-state index contributed by atoms with van der Waals surface area (Å²) in [5.41, 5.74) is 1.50. The fourth-order valence-electron chi connectivity index (χ4n) is 2.91. The highest BCUT2D eigenvalue weighted by molar-refractivity contribution is 7.89. The number of rotatable bonds is 6. The van der Waals surface area contributed by atoms with Gasteiger partial charge in [0.2, 0.25) is 10.0 Å². The third-order valence-corrected chi connectivity index (χ3v) is 5.80. The monoisotopic (exact) mass is 390 g/mol. The van der Waals surface area contributed by atoms with Crippen LogP contribution in [-0.4, -0.2) is 47.2 Å². The SMILES string of the molecule is COc1ccc(S(=O)(=O)NCC2CN(c3ccccc3)C(=O)CO2)cc1C. The third-order valence-electron chi connectivity index (χ3n) is 4.38. The maximum Gasteiger partial charge on any atom is 0.253 e. The normalized spacial score (nSPS) is 17.8. The van der Waals surface area contributed by atoms with Gasteiger partial charge in [-0.05, 0) is 42.8 Å². The van der Waals surface area contributed by atoms with Crippen molar-refractivity contribution in [2.24, 2.45) is 0 Å². The number of carbonyl (C=O) groups is 1. The number of hydrogen-bond acceptors (Lipinski definition) is 5. The molecule has 0 spiro atoms. The Labute approximate surface area is 158 Å². The molecule has 0 aliphatic carbocycles. The lowest BCUT2D eigenvalue weighted by molar-refractivity contribution is -0.129. The molecule has 0 saturated carbocycles. The van der Waals surface area contributed by atoms with Crippen molar-refractivity contribution in [2.75, 3.05) is 31.7 Å². The van der Waals surface area contributed by atoms with Crippen LogP contribution in [0.4, 0.5) is 5.69 Å². The lowest BCUT2D eigenvalue weighted by Crippen LogP contribution is -2.50. The molecule has 1 aliphatic heterocycles. The molecule has 0 radical (unpaired) electrons. The number of sulfonamides is 1. The zero-order valence-corrected chi connectivity index (χ0v) is 16.0. The molecule has 144 valence electrons. The van der Waals surface area contributed by atoms with Crippen molar-refractivity contribution in [3.05, 3.63) is 54.1 Å². The zero-order chi connectivity index (χ0) is 19.4. The van der Waals surface area contributed by atoms with E-state index < -0.39 is 16.1 Å². The number of anilines is 1. The minimum absolute atomic E-state index is 0.0734. The Morgan fingerprint density at radius 3 is 2.63 bits per heavy atom. The summed E-state index contributed by atoms with van der Waals surface area (Å²) in [7, 11) is -2.16. The van der Waals surface area contributed by atoms with E-state index in [2.05, 4.69) is 4.72 Å². The van der Waals surface area contributed by atoms with E-state index in [1.807, 2.05) is 30.3 Å². The van der Waals surface area contributed by atoms with Gasteiger partial charge in [0.05, 0.1) is 24.7 Å². The molecule has 1 fully saturated rings. The Balaban J connectivity index is 1.67. The van der Waals surface area contributed by atoms with Gasteiger partial charge >= 0.3 is 0 Å². The quantitative estimate of drug-likeness (QED) is 0.812. The van der Waals surface area contributed by atoms with Gasteiger partial charge in [0.25, 0.3) is 5.91 Å². The fraction of sp³-hybridized carbons (Fsp3) is 0.316. The average molecular weight is 390 g/mol. The van der Waals surface area contributed by atoms with E-state index >= 15 is 0 Å². The Kier molecular flexibility index (Phi) is 5.79. The van der Waals surface area contributed by atoms with E-state index in [9.17, 15) is 13.2 Å². The maximum atomic E-state index is 12.6. The molecule has 1 unspecified atom stereocenters. The Hall–Kier alpha value is -2.42. The highest BCUT2D eigenvalue weighted by Crippen LogP contribution is 2.22. The van der Waals surface area contributed by atoms with Crippen molar-refractivity contribution in [3.63, 3.8) is 0 Å². The second-order valence-corrected chi connectivity index (χ2v) is 8.02. The summed E-state index contributed by atoms with van der Waals surface area (Å²) in [6.45, 7) is 2.06. The first-order valence-corrected chi connectivity index (χ1v) is 10.0. The van der Waals surface area contributed by atoms with Crippen LogP contribution in [0.3, 0.4) is 0 Å². The van der Waals surface area contributed by atoms with Crippen LogP contribution in [0.25, 0.3) is 0 Å². The zero-order valence-electron chi connectivity index (χ0n) is 15.2. The Morgan fingerprint density at radius 1 is 1.22 bits per heavy atom. The molecule has 1 saturated heterocycles. The van der Waals surface area contributed by atoms with Gasteiger partial charge in [0.1, 0.15) is 12.4 Å². The molecule has 1 heterocycles. The molecule has 0 bridgehead atoms. The summed E-state index contributed by atoms with van der Waals surface area (Å²) in [5.74, 6) is 0.479. The van der Waals surface area contributed by atoms with Gasteiger partial charge in [-0.1, -0.05) is 18.2 Å². The predicted molar refractivity (Wildman–Crippen MR) is 101 cm³/mol. The molecule has 8 heteroatoms. The van der Waals surface area contributed by atoms with E-state index in [-0.39, 0.29) is 30.5 Å². The van der Waals surface area contributed by atoms with Crippen LogP contribution >= 0.6 is 0 Å². The molecule has 1 aliphatic rings. The van der Waals surface area contributed by atoms with Gasteiger partial charge in [-0.2, -0.15) is 0 Å². The summed E-state index contributed by atoms with van der Waals surface area (Å²) < 4.78 is 38.3. The minimum atomic E-state index is -3.69. The summed E-state index contributed by atoms with van der Waals surface area (Å²) >= 11 is 0. The van der Waals surface area contributed by atoms with Gasteiger partial charge in [-0.25, -0.2) is 13.1 Å². The molecule has 2 aromatic carbocycles. The molecule has 27 heavy (non-hydrogen) atoms. The van der Waals surface area contributed by atoms with Gasteiger partial charge in [0.15, 0.2) is 0 Å². The summed E-state index contributed by atoms with van der Waals surface area (Å²) in [5, 5.41) is 0. The number of benzene rings is 2. The number of nitrogens with one attached hydrogen (secondary N) is 1. The fourth-order valence-corrected chi connectivity index (χ4v) is 4.06. The summed E-state index contributed by atoms with van der Waals surface area (Å²) in [6, 6.07) is 13.9. The number of methoxy groups -OCH3 is 1. The molecule has 1 atom stereocenters. The summed E-state index contributed by atoms with van der Waals surface area (Å²) in [4.78, 5) is 13.9. The number of ether oxygens (including phenoxy) is 2. The standard InChI is InChI=1S/C19H22N2O5S/c1-14-10-17(8-9-18(14)25-2)27(23,24)20-11-16-12-21(19(22)13-26-16)15-6-4-3-5-7-15/h3-10,16,20H,11-13H2,1-2H3. The van der Waals surface area contributed by atoms with E-state index in [1.165, 1.54) is 13.2 Å². The lowest BCUT2D eigenvalue weighted by Gasteiger charge is -2.32. The van der Waals surface area contributed by atoms with Crippen LogP contribution in [0.5, 0.6) is 5.75 Å². The molecule has 7 nitrogen and oxygen atoms in total. The van der Waals surface area contributed by atoms with Crippen molar-refractivity contribution in [1.29, 1.82) is 0 Å². The molecule has 3 rings (SSSR count). The molecular formula is C19H22N2O5S. The van der Waals surface area contributed by atoms with Crippen LogP contribution in [0, 0.1) is 6.92 Å². The Morgan fingerprint density at radius 2 is 1.96 bits per heavy atom. The highest BCUT2D eigenvalue weighted by Gasteiger charge is 2.28. The van der Waals surface area contributed by atoms with Crippen molar-refractivity contribution in [2.45, 2.75) is 17.9 Å². The highest BCUT2D eigenvalue weighted by atomic mass is 32.2. The number of para-hydroxylation sites is 1. The van der Waals surface area contributed by atoms with Crippen molar-refractivity contribution in [1.82, 2.24) is 4.72 Å². The van der Waals surface area contributed by atoms with Gasteiger partial charge in [-0.15, -0.1) is 0 Å². The number of hydrogen-bond donors (Lipinski definition) is 1. The van der Waals surface area contributed by atoms with Gasteiger partial charge in [0, 0.05) is 12.2 Å².